The van der Waals surface area contributed by atoms with Crippen molar-refractivity contribution in [3.8, 4) is 5.75 Å². The van der Waals surface area contributed by atoms with Crippen LogP contribution >= 0.6 is 0 Å². The predicted octanol–water partition coefficient (Wildman–Crippen LogP) is 2.74. The molecule has 0 aromatic heterocycles. The van der Waals surface area contributed by atoms with Gasteiger partial charge in [0.2, 0.25) is 0 Å². The Balaban J connectivity index is 2.20. The molecule has 0 bridgehead atoms. The van der Waals surface area contributed by atoms with Crippen LogP contribution in [0, 0.1) is 0 Å². The van der Waals surface area contributed by atoms with Gasteiger partial charge in [0, 0.05) is 11.1 Å². The molecule has 82 valence electrons. The van der Waals surface area contributed by atoms with E-state index in [1.54, 1.807) is 7.11 Å². The number of ether oxygens (including phenoxy) is 1. The molecule has 0 N–H and O–H groups in total. The number of methoxy groups -OCH3 is 1. The summed E-state index contributed by atoms with van der Waals surface area (Å²) in [6, 6.07) is 7.96. The van der Waals surface area contributed by atoms with Gasteiger partial charge in [0.15, 0.2) is 6.23 Å². The lowest BCUT2D eigenvalue weighted by molar-refractivity contribution is 0.101. The average molecular weight is 207 g/mol. The lowest BCUT2D eigenvalue weighted by atomic mass is 10.1. The fraction of sp³-hybridized carbons (Fsp3) is 0.500. The molecule has 0 aliphatic carbocycles. The van der Waals surface area contributed by atoms with Crippen molar-refractivity contribution >= 4 is 0 Å². The summed E-state index contributed by atoms with van der Waals surface area (Å²) < 4.78 is 5.30. The van der Waals surface area contributed by atoms with Crippen LogP contribution in [0.2, 0.25) is 0 Å². The second-order valence-electron chi connectivity index (χ2n) is 4.70. The summed E-state index contributed by atoms with van der Waals surface area (Å²) in [5.74, 6) is 0.884. The first-order chi connectivity index (χ1) is 7.04. The molecule has 1 fully saturated rings. The van der Waals surface area contributed by atoms with Gasteiger partial charge in [-0.1, -0.05) is 18.2 Å². The number of para-hydroxylation sites is 1. The lowest BCUT2D eigenvalue weighted by Gasteiger charge is -2.16. The Kier molecular flexibility index (Phi) is 2.44. The van der Waals surface area contributed by atoms with Crippen LogP contribution in [0.3, 0.4) is 0 Å². The third kappa shape index (κ3) is 1.98. The monoisotopic (exact) mass is 207 g/mol. The maximum absolute atomic E-state index is 5.56. The minimum Gasteiger partial charge on any atom is -0.496 e. The second kappa shape index (κ2) is 3.51. The van der Waals surface area contributed by atoms with Gasteiger partial charge in [-0.3, -0.25) is 4.84 Å². The van der Waals surface area contributed by atoms with Crippen LogP contribution in [-0.4, -0.2) is 17.7 Å². The van der Waals surface area contributed by atoms with E-state index in [1.807, 2.05) is 29.3 Å². The van der Waals surface area contributed by atoms with Crippen molar-refractivity contribution in [2.75, 3.05) is 7.11 Å². The van der Waals surface area contributed by atoms with Crippen LogP contribution in [0.25, 0.3) is 0 Å². The van der Waals surface area contributed by atoms with Crippen molar-refractivity contribution in [3.63, 3.8) is 0 Å². The highest BCUT2D eigenvalue weighted by molar-refractivity contribution is 5.36. The van der Waals surface area contributed by atoms with Crippen LogP contribution in [-0.2, 0) is 4.84 Å². The molecule has 1 aliphatic heterocycles. The standard InChI is InChI=1S/C12H17NO2/c1-12(2,3)13-11(15-13)9-7-5-6-8-10(9)14-4/h5-8,11H,1-4H3. The van der Waals surface area contributed by atoms with Gasteiger partial charge in [-0.05, 0) is 26.8 Å². The third-order valence-electron chi connectivity index (χ3n) is 2.45. The molecule has 1 heterocycles. The van der Waals surface area contributed by atoms with Crippen molar-refractivity contribution in [2.45, 2.75) is 32.5 Å². The molecule has 1 saturated heterocycles. The third-order valence-corrected chi connectivity index (χ3v) is 2.45. The number of benzene rings is 1. The van der Waals surface area contributed by atoms with Crippen molar-refractivity contribution in [1.29, 1.82) is 0 Å². The summed E-state index contributed by atoms with van der Waals surface area (Å²) in [6.45, 7) is 6.38. The molecular formula is C12H17NO2. The van der Waals surface area contributed by atoms with E-state index in [0.29, 0.717) is 0 Å². The highest BCUT2D eigenvalue weighted by Crippen LogP contribution is 2.45. The van der Waals surface area contributed by atoms with Crippen LogP contribution in [0.15, 0.2) is 24.3 Å². The number of hydrogen-bond donors (Lipinski definition) is 0. The molecule has 1 aromatic rings. The van der Waals surface area contributed by atoms with Crippen molar-refractivity contribution in [3.05, 3.63) is 29.8 Å². The maximum Gasteiger partial charge on any atom is 0.184 e. The zero-order valence-corrected chi connectivity index (χ0v) is 9.65. The molecule has 0 spiro atoms. The average Bonchev–Trinajstić information content (AvgIpc) is 2.96. The van der Waals surface area contributed by atoms with Gasteiger partial charge < -0.3 is 4.74 Å². The molecule has 2 unspecified atom stereocenters. The highest BCUT2D eigenvalue weighted by Gasteiger charge is 2.46. The predicted molar refractivity (Wildman–Crippen MR) is 58.4 cm³/mol. The number of rotatable bonds is 2. The summed E-state index contributed by atoms with van der Waals surface area (Å²) in [6.07, 6.45) is 0.0427. The molecule has 15 heavy (non-hydrogen) atoms. The van der Waals surface area contributed by atoms with E-state index in [-0.39, 0.29) is 11.8 Å². The van der Waals surface area contributed by atoms with Gasteiger partial charge in [-0.15, -0.1) is 5.06 Å². The summed E-state index contributed by atoms with van der Waals surface area (Å²) in [5, 5.41) is 1.98. The second-order valence-corrected chi connectivity index (χ2v) is 4.70. The molecule has 1 aromatic carbocycles. The summed E-state index contributed by atoms with van der Waals surface area (Å²) >= 11 is 0. The first kappa shape index (κ1) is 10.5. The fourth-order valence-electron chi connectivity index (χ4n) is 1.64. The van der Waals surface area contributed by atoms with Gasteiger partial charge in [0.05, 0.1) is 7.11 Å². The normalized spacial score (nSPS) is 25.1. The van der Waals surface area contributed by atoms with Gasteiger partial charge in [-0.25, -0.2) is 0 Å². The number of hydrogen-bond acceptors (Lipinski definition) is 3. The van der Waals surface area contributed by atoms with Gasteiger partial charge in [0.1, 0.15) is 5.75 Å². The molecule has 0 saturated carbocycles. The van der Waals surface area contributed by atoms with E-state index in [4.69, 9.17) is 9.57 Å². The first-order valence-corrected chi connectivity index (χ1v) is 5.13. The van der Waals surface area contributed by atoms with E-state index in [9.17, 15) is 0 Å². The molecular weight excluding hydrogens is 190 g/mol. The lowest BCUT2D eigenvalue weighted by Crippen LogP contribution is -2.25. The van der Waals surface area contributed by atoms with Crippen LogP contribution in [0.1, 0.15) is 32.6 Å². The Morgan fingerprint density at radius 2 is 1.93 bits per heavy atom. The van der Waals surface area contributed by atoms with E-state index in [2.05, 4.69) is 20.8 Å². The maximum atomic E-state index is 5.56. The van der Waals surface area contributed by atoms with Gasteiger partial charge in [-0.2, -0.15) is 0 Å². The van der Waals surface area contributed by atoms with Gasteiger partial charge >= 0.3 is 0 Å². The fourth-order valence-corrected chi connectivity index (χ4v) is 1.64. The minimum absolute atomic E-state index is 0.0333. The Morgan fingerprint density at radius 3 is 2.47 bits per heavy atom. The topological polar surface area (TPSA) is 24.8 Å². The molecule has 3 nitrogen and oxygen atoms in total. The highest BCUT2D eigenvalue weighted by atomic mass is 16.8. The Hall–Kier alpha value is -1.06. The van der Waals surface area contributed by atoms with E-state index in [0.717, 1.165) is 11.3 Å². The number of hydroxylamine groups is 2. The largest absolute Gasteiger partial charge is 0.496 e. The minimum atomic E-state index is 0.0333. The quantitative estimate of drug-likeness (QED) is 0.697. The van der Waals surface area contributed by atoms with Crippen LogP contribution in [0.5, 0.6) is 5.75 Å². The molecule has 2 rings (SSSR count). The van der Waals surface area contributed by atoms with E-state index in [1.165, 1.54) is 0 Å². The summed E-state index contributed by atoms with van der Waals surface area (Å²) in [7, 11) is 1.68. The molecule has 0 radical (unpaired) electrons. The van der Waals surface area contributed by atoms with Crippen molar-refractivity contribution in [1.82, 2.24) is 5.06 Å². The van der Waals surface area contributed by atoms with E-state index >= 15 is 0 Å². The molecule has 0 amide bonds. The van der Waals surface area contributed by atoms with Gasteiger partial charge in [0.25, 0.3) is 0 Å². The molecule has 2 atom stereocenters. The molecule has 3 heteroatoms. The zero-order valence-electron chi connectivity index (χ0n) is 9.65. The van der Waals surface area contributed by atoms with Crippen molar-refractivity contribution in [2.24, 2.45) is 0 Å². The summed E-state index contributed by atoms with van der Waals surface area (Å²) in [5.41, 5.74) is 1.13. The van der Waals surface area contributed by atoms with Crippen LogP contribution < -0.4 is 4.74 Å². The summed E-state index contributed by atoms with van der Waals surface area (Å²) in [4.78, 5) is 5.56. The van der Waals surface area contributed by atoms with Crippen LogP contribution in [0.4, 0.5) is 0 Å². The smallest absolute Gasteiger partial charge is 0.184 e. The van der Waals surface area contributed by atoms with E-state index < -0.39 is 0 Å². The zero-order chi connectivity index (χ0) is 11.1. The first-order valence-electron chi connectivity index (χ1n) is 5.13. The number of nitrogens with zero attached hydrogens (tertiary/aromatic N) is 1. The Bertz CT molecular complexity index is 357. The SMILES string of the molecule is COc1ccccc1C1ON1C(C)(C)C. The Labute approximate surface area is 90.6 Å². The van der Waals surface area contributed by atoms with Crippen molar-refractivity contribution < 1.29 is 9.57 Å². The Morgan fingerprint density at radius 1 is 1.27 bits per heavy atom. The molecule has 1 aliphatic rings.